The molecule has 4 heteroatoms. The molecule has 0 aliphatic heterocycles. The number of hydrogen-bond donors (Lipinski definition) is 2. The molecule has 2 N–H and O–H groups in total. The van der Waals surface area contributed by atoms with Gasteiger partial charge in [-0.05, 0) is 36.0 Å². The van der Waals surface area contributed by atoms with Gasteiger partial charge in [0.2, 0.25) is 0 Å². The second kappa shape index (κ2) is 6.29. The molecular formula is C15H21ClN2O. The second-order valence-electron chi connectivity index (χ2n) is 5.68. The lowest BCUT2D eigenvalue weighted by Crippen LogP contribution is -2.40. The monoisotopic (exact) mass is 280 g/mol. The van der Waals surface area contributed by atoms with Crippen molar-refractivity contribution in [3.8, 4) is 0 Å². The lowest BCUT2D eigenvalue weighted by molar-refractivity contribution is 0.231. The molecular weight excluding hydrogens is 260 g/mol. The van der Waals surface area contributed by atoms with E-state index in [1.807, 2.05) is 24.3 Å². The third kappa shape index (κ3) is 4.43. The van der Waals surface area contributed by atoms with Gasteiger partial charge in [0.25, 0.3) is 0 Å². The van der Waals surface area contributed by atoms with Gasteiger partial charge in [0.1, 0.15) is 0 Å². The minimum Gasteiger partial charge on any atom is -0.338 e. The van der Waals surface area contributed by atoms with Crippen LogP contribution >= 0.6 is 11.6 Å². The highest BCUT2D eigenvalue weighted by Crippen LogP contribution is 2.36. The summed E-state index contributed by atoms with van der Waals surface area (Å²) in [5.74, 6) is 0. The van der Waals surface area contributed by atoms with E-state index in [4.69, 9.17) is 11.6 Å². The smallest absolute Gasteiger partial charge is 0.315 e. The molecule has 1 aliphatic carbocycles. The average molecular weight is 281 g/mol. The summed E-state index contributed by atoms with van der Waals surface area (Å²) >= 11 is 5.81. The third-order valence-corrected chi connectivity index (χ3v) is 4.10. The molecule has 0 spiro atoms. The van der Waals surface area contributed by atoms with Crippen LogP contribution < -0.4 is 10.6 Å². The highest BCUT2D eigenvalue weighted by Gasteiger charge is 2.28. The molecule has 1 aromatic rings. The Balaban J connectivity index is 1.71. The van der Waals surface area contributed by atoms with Crippen LogP contribution in [0.2, 0.25) is 5.02 Å². The maximum Gasteiger partial charge on any atom is 0.315 e. The van der Waals surface area contributed by atoms with Crippen LogP contribution in [0.4, 0.5) is 4.79 Å². The van der Waals surface area contributed by atoms with Crippen LogP contribution in [-0.4, -0.2) is 12.6 Å². The fourth-order valence-corrected chi connectivity index (χ4v) is 2.67. The molecule has 2 amide bonds. The Morgan fingerprint density at radius 3 is 2.47 bits per heavy atom. The molecule has 0 aromatic heterocycles. The Bertz CT molecular complexity index is 424. The zero-order valence-corrected chi connectivity index (χ0v) is 12.1. The predicted molar refractivity (Wildman–Crippen MR) is 78.3 cm³/mol. The van der Waals surface area contributed by atoms with Gasteiger partial charge in [-0.25, -0.2) is 4.79 Å². The first-order chi connectivity index (χ1) is 9.07. The van der Waals surface area contributed by atoms with Gasteiger partial charge in [-0.15, -0.1) is 0 Å². The van der Waals surface area contributed by atoms with Crippen molar-refractivity contribution in [2.45, 2.75) is 39.2 Å². The summed E-state index contributed by atoms with van der Waals surface area (Å²) in [6, 6.07) is 7.40. The van der Waals surface area contributed by atoms with Crippen LogP contribution in [0.3, 0.4) is 0 Å². The summed E-state index contributed by atoms with van der Waals surface area (Å²) < 4.78 is 0. The van der Waals surface area contributed by atoms with Crippen molar-refractivity contribution in [3.63, 3.8) is 0 Å². The van der Waals surface area contributed by atoms with Gasteiger partial charge in [-0.2, -0.15) is 0 Å². The normalized spacial score (nSPS) is 17.2. The van der Waals surface area contributed by atoms with Gasteiger partial charge in [-0.1, -0.05) is 43.5 Å². The highest BCUT2D eigenvalue weighted by molar-refractivity contribution is 6.30. The molecule has 0 heterocycles. The topological polar surface area (TPSA) is 41.1 Å². The summed E-state index contributed by atoms with van der Waals surface area (Å²) in [5, 5.41) is 6.55. The summed E-state index contributed by atoms with van der Waals surface area (Å²) in [5.41, 5.74) is 1.34. The zero-order chi connectivity index (χ0) is 13.7. The molecule has 2 rings (SSSR count). The fourth-order valence-electron chi connectivity index (χ4n) is 2.55. The first-order valence-electron chi connectivity index (χ1n) is 6.84. The number of carbonyl (C=O) groups excluding carboxylic acids is 1. The lowest BCUT2D eigenvalue weighted by Gasteiger charge is -2.23. The molecule has 0 atom stereocenters. The molecule has 0 radical (unpaired) electrons. The van der Waals surface area contributed by atoms with Crippen molar-refractivity contribution >= 4 is 17.6 Å². The average Bonchev–Trinajstić information content (AvgIpc) is 2.83. The number of nitrogens with one attached hydrogen (secondary N) is 2. The van der Waals surface area contributed by atoms with Gasteiger partial charge in [0.05, 0.1) is 0 Å². The van der Waals surface area contributed by atoms with Crippen LogP contribution in [-0.2, 0) is 6.54 Å². The van der Waals surface area contributed by atoms with E-state index in [-0.39, 0.29) is 11.4 Å². The van der Waals surface area contributed by atoms with Crippen molar-refractivity contribution in [2.24, 2.45) is 5.41 Å². The van der Waals surface area contributed by atoms with Crippen molar-refractivity contribution in [3.05, 3.63) is 34.9 Å². The molecule has 1 aromatic carbocycles. The first kappa shape index (κ1) is 14.2. The molecule has 1 fully saturated rings. The van der Waals surface area contributed by atoms with Crippen molar-refractivity contribution in [1.29, 1.82) is 0 Å². The quantitative estimate of drug-likeness (QED) is 0.867. The number of halogens is 1. The standard InChI is InChI=1S/C15H21ClN2O/c1-15(8-2-3-9-15)11-18-14(19)17-10-12-4-6-13(16)7-5-12/h4-7H,2-3,8-11H2,1H3,(H2,17,18,19). The van der Waals surface area contributed by atoms with Crippen LogP contribution in [0, 0.1) is 5.41 Å². The van der Waals surface area contributed by atoms with Gasteiger partial charge in [-0.3, -0.25) is 0 Å². The highest BCUT2D eigenvalue weighted by atomic mass is 35.5. The molecule has 19 heavy (non-hydrogen) atoms. The molecule has 1 aliphatic rings. The maximum atomic E-state index is 11.7. The minimum atomic E-state index is -0.0944. The first-order valence-corrected chi connectivity index (χ1v) is 7.21. The Labute approximate surface area is 119 Å². The van der Waals surface area contributed by atoms with Gasteiger partial charge in [0, 0.05) is 18.1 Å². The molecule has 0 unspecified atom stereocenters. The summed E-state index contributed by atoms with van der Waals surface area (Å²) in [6.07, 6.45) is 4.99. The van der Waals surface area contributed by atoms with Crippen LogP contribution in [0.25, 0.3) is 0 Å². The Morgan fingerprint density at radius 2 is 1.84 bits per heavy atom. The van der Waals surface area contributed by atoms with Gasteiger partial charge in [0.15, 0.2) is 0 Å². The minimum absolute atomic E-state index is 0.0944. The predicted octanol–water partition coefficient (Wildman–Crippen LogP) is 3.72. The summed E-state index contributed by atoms with van der Waals surface area (Å²) in [7, 11) is 0. The molecule has 0 bridgehead atoms. The molecule has 1 saturated carbocycles. The number of rotatable bonds is 4. The van der Waals surface area contributed by atoms with E-state index in [9.17, 15) is 4.79 Å². The lowest BCUT2D eigenvalue weighted by atomic mass is 9.89. The van der Waals surface area contributed by atoms with E-state index in [0.717, 1.165) is 12.1 Å². The van der Waals surface area contributed by atoms with Gasteiger partial charge >= 0.3 is 6.03 Å². The largest absolute Gasteiger partial charge is 0.338 e. The van der Waals surface area contributed by atoms with Crippen molar-refractivity contribution in [1.82, 2.24) is 10.6 Å². The molecule has 0 saturated heterocycles. The van der Waals surface area contributed by atoms with Crippen LogP contribution in [0.1, 0.15) is 38.2 Å². The van der Waals surface area contributed by atoms with Crippen molar-refractivity contribution < 1.29 is 4.79 Å². The van der Waals surface area contributed by atoms with E-state index in [0.29, 0.717) is 11.6 Å². The second-order valence-corrected chi connectivity index (χ2v) is 6.12. The number of urea groups is 1. The van der Waals surface area contributed by atoms with E-state index in [1.165, 1.54) is 25.7 Å². The number of carbonyl (C=O) groups is 1. The third-order valence-electron chi connectivity index (χ3n) is 3.85. The summed E-state index contributed by atoms with van der Waals surface area (Å²) in [4.78, 5) is 11.7. The Kier molecular flexibility index (Phi) is 4.70. The van der Waals surface area contributed by atoms with Crippen molar-refractivity contribution in [2.75, 3.05) is 6.54 Å². The Hall–Kier alpha value is -1.22. The van der Waals surface area contributed by atoms with E-state index < -0.39 is 0 Å². The van der Waals surface area contributed by atoms with E-state index >= 15 is 0 Å². The van der Waals surface area contributed by atoms with Crippen LogP contribution in [0.5, 0.6) is 0 Å². The van der Waals surface area contributed by atoms with E-state index in [1.54, 1.807) is 0 Å². The van der Waals surface area contributed by atoms with Gasteiger partial charge < -0.3 is 10.6 Å². The fraction of sp³-hybridized carbons (Fsp3) is 0.533. The number of amides is 2. The number of benzene rings is 1. The zero-order valence-electron chi connectivity index (χ0n) is 11.3. The summed E-state index contributed by atoms with van der Waals surface area (Å²) in [6.45, 7) is 3.54. The molecule has 3 nitrogen and oxygen atoms in total. The Morgan fingerprint density at radius 1 is 1.21 bits per heavy atom. The number of hydrogen-bond acceptors (Lipinski definition) is 1. The van der Waals surface area contributed by atoms with E-state index in [2.05, 4.69) is 17.6 Å². The van der Waals surface area contributed by atoms with Crippen LogP contribution in [0.15, 0.2) is 24.3 Å². The maximum absolute atomic E-state index is 11.7. The molecule has 104 valence electrons. The SMILES string of the molecule is CC1(CNC(=O)NCc2ccc(Cl)cc2)CCCC1.